The van der Waals surface area contributed by atoms with E-state index in [1.54, 1.807) is 0 Å². The van der Waals surface area contributed by atoms with Crippen LogP contribution in [0.2, 0.25) is 0 Å². The highest BCUT2D eigenvalue weighted by molar-refractivity contribution is 7.86. The zero-order chi connectivity index (χ0) is 9.45. The van der Waals surface area contributed by atoms with Crippen LogP contribution in [0.4, 0.5) is 0 Å². The Kier molecular flexibility index (Phi) is 6.32. The van der Waals surface area contributed by atoms with E-state index in [0.29, 0.717) is 26.1 Å². The van der Waals surface area contributed by atoms with Gasteiger partial charge in [0.1, 0.15) is 0 Å². The van der Waals surface area contributed by atoms with Crippen LogP contribution in [0.15, 0.2) is 0 Å². The molecule has 0 aliphatic carbocycles. The molecule has 0 spiro atoms. The number of hydrogen-bond donors (Lipinski definition) is 0. The summed E-state index contributed by atoms with van der Waals surface area (Å²) in [6.45, 7) is 4.60. The molecule has 0 N–H and O–H groups in total. The highest BCUT2D eigenvalue weighted by Crippen LogP contribution is 1.94. The average molecular weight is 195 g/mol. The van der Waals surface area contributed by atoms with Crippen LogP contribution in [0.5, 0.6) is 0 Å². The quantitative estimate of drug-likeness (QED) is 0.441. The number of ether oxygens (including phenoxy) is 1. The fourth-order valence-electron chi connectivity index (χ4n) is 0.625. The summed E-state index contributed by atoms with van der Waals surface area (Å²) in [5, 5.41) is 0. The van der Waals surface area contributed by atoms with Crippen molar-refractivity contribution >= 4 is 10.1 Å². The predicted octanol–water partition coefficient (Wildman–Crippen LogP) is 0.593. The summed E-state index contributed by atoms with van der Waals surface area (Å²) in [4.78, 5) is 0. The molecule has 1 radical (unpaired) electrons. The van der Waals surface area contributed by atoms with E-state index in [-0.39, 0.29) is 5.75 Å². The lowest BCUT2D eigenvalue weighted by Crippen LogP contribution is -2.10. The van der Waals surface area contributed by atoms with Crippen LogP contribution >= 0.6 is 0 Å². The Bertz CT molecular complexity index is 186. The van der Waals surface area contributed by atoms with Gasteiger partial charge >= 0.3 is 0 Å². The van der Waals surface area contributed by atoms with E-state index < -0.39 is 10.1 Å². The van der Waals surface area contributed by atoms with E-state index in [1.807, 2.05) is 0 Å². The van der Waals surface area contributed by atoms with Crippen molar-refractivity contribution in [3.63, 3.8) is 0 Å². The molecule has 5 heteroatoms. The summed E-state index contributed by atoms with van der Waals surface area (Å²) >= 11 is 0. The lowest BCUT2D eigenvalue weighted by Gasteiger charge is -2.02. The van der Waals surface area contributed by atoms with Gasteiger partial charge in [-0.3, -0.25) is 4.18 Å². The summed E-state index contributed by atoms with van der Waals surface area (Å²) in [7, 11) is -2.14. The second kappa shape index (κ2) is 6.39. The molecule has 0 fully saturated rings. The molecule has 0 aromatic rings. The van der Waals surface area contributed by atoms with Crippen molar-refractivity contribution in [2.24, 2.45) is 0 Å². The SMILES string of the molecule is [CH2]CCOCCCS(=O)(=O)OC. The second-order valence-corrected chi connectivity index (χ2v) is 4.10. The van der Waals surface area contributed by atoms with Crippen LogP contribution < -0.4 is 0 Å². The molecule has 0 bridgehead atoms. The topological polar surface area (TPSA) is 52.6 Å². The normalized spacial score (nSPS) is 11.8. The van der Waals surface area contributed by atoms with Crippen molar-refractivity contribution < 1.29 is 17.3 Å². The van der Waals surface area contributed by atoms with Crippen molar-refractivity contribution in [1.82, 2.24) is 0 Å². The summed E-state index contributed by atoms with van der Waals surface area (Å²) in [5.74, 6) is 0.0145. The monoisotopic (exact) mass is 195 g/mol. The lowest BCUT2D eigenvalue weighted by molar-refractivity contribution is 0.139. The van der Waals surface area contributed by atoms with E-state index in [2.05, 4.69) is 11.1 Å². The first-order valence-electron chi connectivity index (χ1n) is 3.77. The first kappa shape index (κ1) is 11.9. The molecule has 4 nitrogen and oxygen atoms in total. The predicted molar refractivity (Wildman–Crippen MR) is 46.2 cm³/mol. The second-order valence-electron chi connectivity index (χ2n) is 2.25. The van der Waals surface area contributed by atoms with Gasteiger partial charge in [0.25, 0.3) is 10.1 Å². The molecule has 0 saturated carbocycles. The third kappa shape index (κ3) is 6.57. The van der Waals surface area contributed by atoms with Gasteiger partial charge < -0.3 is 4.74 Å². The van der Waals surface area contributed by atoms with Gasteiger partial charge in [-0.25, -0.2) is 0 Å². The van der Waals surface area contributed by atoms with Gasteiger partial charge in [-0.05, 0) is 12.8 Å². The molecule has 0 aliphatic rings. The van der Waals surface area contributed by atoms with Crippen molar-refractivity contribution in [2.45, 2.75) is 12.8 Å². The zero-order valence-corrected chi connectivity index (χ0v) is 8.10. The Balaban J connectivity index is 3.32. The van der Waals surface area contributed by atoms with Crippen molar-refractivity contribution in [2.75, 3.05) is 26.1 Å². The van der Waals surface area contributed by atoms with Crippen molar-refractivity contribution in [1.29, 1.82) is 0 Å². The van der Waals surface area contributed by atoms with Gasteiger partial charge in [0.2, 0.25) is 0 Å². The zero-order valence-electron chi connectivity index (χ0n) is 7.28. The fourth-order valence-corrected chi connectivity index (χ4v) is 1.26. The third-order valence-electron chi connectivity index (χ3n) is 1.23. The third-order valence-corrected chi connectivity index (χ3v) is 2.52. The van der Waals surface area contributed by atoms with E-state index in [1.165, 1.54) is 0 Å². The van der Waals surface area contributed by atoms with Crippen LogP contribution in [0, 0.1) is 6.92 Å². The van der Waals surface area contributed by atoms with Crippen molar-refractivity contribution in [3.05, 3.63) is 6.92 Å². The molecule has 12 heavy (non-hydrogen) atoms. The molecular formula is C7H15O4S. The van der Waals surface area contributed by atoms with E-state index in [0.717, 1.165) is 7.11 Å². The van der Waals surface area contributed by atoms with Crippen LogP contribution in [-0.4, -0.2) is 34.5 Å². The highest BCUT2D eigenvalue weighted by atomic mass is 32.2. The van der Waals surface area contributed by atoms with Gasteiger partial charge in [-0.1, -0.05) is 6.92 Å². The Morgan fingerprint density at radius 2 is 2.00 bits per heavy atom. The molecule has 0 heterocycles. The molecule has 0 aromatic heterocycles. The molecule has 0 aliphatic heterocycles. The largest absolute Gasteiger partial charge is 0.381 e. The van der Waals surface area contributed by atoms with Crippen LogP contribution in [0.1, 0.15) is 12.8 Å². The first-order chi connectivity index (χ1) is 5.62. The Hall–Kier alpha value is -0.130. The van der Waals surface area contributed by atoms with Crippen LogP contribution in [0.25, 0.3) is 0 Å². The molecule has 0 saturated heterocycles. The summed E-state index contributed by atoms with van der Waals surface area (Å²) in [5.41, 5.74) is 0. The lowest BCUT2D eigenvalue weighted by atomic mass is 10.5. The molecule has 0 atom stereocenters. The van der Waals surface area contributed by atoms with Gasteiger partial charge in [-0.15, -0.1) is 0 Å². The molecule has 73 valence electrons. The summed E-state index contributed by atoms with van der Waals surface area (Å²) in [6, 6.07) is 0. The van der Waals surface area contributed by atoms with Crippen LogP contribution in [-0.2, 0) is 19.0 Å². The molecule has 0 amide bonds. The summed E-state index contributed by atoms with van der Waals surface area (Å²) < 4.78 is 30.8. The molecule has 0 aromatic carbocycles. The standard InChI is InChI=1S/C7H15O4S/c1-3-5-11-6-4-7-12(8,9)10-2/h1,3-7H2,2H3. The Labute approximate surface area is 74.0 Å². The van der Waals surface area contributed by atoms with Crippen molar-refractivity contribution in [3.8, 4) is 0 Å². The maximum absolute atomic E-state index is 10.7. The number of hydrogen-bond acceptors (Lipinski definition) is 4. The number of rotatable bonds is 7. The van der Waals surface area contributed by atoms with Gasteiger partial charge in [0.05, 0.1) is 12.9 Å². The maximum Gasteiger partial charge on any atom is 0.267 e. The molecule has 0 unspecified atom stereocenters. The van der Waals surface area contributed by atoms with Gasteiger partial charge in [0.15, 0.2) is 0 Å². The Morgan fingerprint density at radius 1 is 1.33 bits per heavy atom. The molecule has 0 rings (SSSR count). The minimum Gasteiger partial charge on any atom is -0.381 e. The van der Waals surface area contributed by atoms with E-state index in [4.69, 9.17) is 4.74 Å². The van der Waals surface area contributed by atoms with Gasteiger partial charge in [-0.2, -0.15) is 8.42 Å². The minimum absolute atomic E-state index is 0.0145. The van der Waals surface area contributed by atoms with Gasteiger partial charge in [0, 0.05) is 13.2 Å². The fraction of sp³-hybridized carbons (Fsp3) is 0.857. The van der Waals surface area contributed by atoms with Crippen LogP contribution in [0.3, 0.4) is 0 Å². The smallest absolute Gasteiger partial charge is 0.267 e. The first-order valence-corrected chi connectivity index (χ1v) is 5.35. The maximum atomic E-state index is 10.7. The summed E-state index contributed by atoms with van der Waals surface area (Å²) in [6.07, 6.45) is 1.17. The minimum atomic E-state index is -3.30. The van der Waals surface area contributed by atoms with E-state index in [9.17, 15) is 8.42 Å². The van der Waals surface area contributed by atoms with E-state index >= 15 is 0 Å². The highest BCUT2D eigenvalue weighted by Gasteiger charge is 2.06. The molecular weight excluding hydrogens is 180 g/mol. The Morgan fingerprint density at radius 3 is 2.50 bits per heavy atom. The average Bonchev–Trinajstić information content (AvgIpc) is 2.04.